The normalized spacial score (nSPS) is 10.3. The van der Waals surface area contributed by atoms with Crippen LogP contribution in [0.1, 0.15) is 0 Å². The molecule has 76 valence electrons. The molecule has 0 nitrogen and oxygen atoms in total. The Morgan fingerprint density at radius 1 is 0.867 bits per heavy atom. The zero-order valence-corrected chi connectivity index (χ0v) is 9.26. The molecule has 0 saturated carbocycles. The number of hydrogen-bond acceptors (Lipinski definition) is 0. The maximum Gasteiger partial charge on any atom is 0.148 e. The molecule has 3 heteroatoms. The molecule has 0 aromatic heterocycles. The predicted molar refractivity (Wildman–Crippen MR) is 59.5 cm³/mol. The lowest BCUT2D eigenvalue weighted by atomic mass is 10.1. The molecule has 0 aliphatic rings. The van der Waals surface area contributed by atoms with Gasteiger partial charge in [0.2, 0.25) is 0 Å². The fraction of sp³-hybridized carbons (Fsp3) is 0. The molecule has 0 aliphatic heterocycles. The molecule has 0 amide bonds. The molecule has 0 aliphatic carbocycles. The van der Waals surface area contributed by atoms with Crippen LogP contribution in [0, 0.1) is 11.6 Å². The molecule has 0 heterocycles. The summed E-state index contributed by atoms with van der Waals surface area (Å²) in [6.07, 6.45) is 0. The third-order valence-corrected chi connectivity index (χ3v) is 2.85. The minimum Gasteiger partial charge on any atom is -0.206 e. The van der Waals surface area contributed by atoms with Crippen molar-refractivity contribution >= 4 is 15.9 Å². The molecule has 0 atom stereocenters. The fourth-order valence-corrected chi connectivity index (χ4v) is 1.71. The van der Waals surface area contributed by atoms with Gasteiger partial charge in [-0.2, -0.15) is 0 Å². The highest BCUT2D eigenvalue weighted by Crippen LogP contribution is 2.29. The maximum absolute atomic E-state index is 13.7. The molecule has 2 aromatic carbocycles. The van der Waals surface area contributed by atoms with E-state index >= 15 is 0 Å². The van der Waals surface area contributed by atoms with Crippen molar-refractivity contribution in [3.05, 3.63) is 58.6 Å². The van der Waals surface area contributed by atoms with Gasteiger partial charge in [-0.25, -0.2) is 8.78 Å². The highest BCUT2D eigenvalue weighted by Gasteiger charge is 2.11. The Hall–Kier alpha value is -1.22. The average Bonchev–Trinajstić information content (AvgIpc) is 2.27. The molecular weight excluding hydrogens is 262 g/mol. The van der Waals surface area contributed by atoms with Crippen LogP contribution < -0.4 is 0 Å². The van der Waals surface area contributed by atoms with Crippen molar-refractivity contribution in [2.45, 2.75) is 0 Å². The highest BCUT2D eigenvalue weighted by atomic mass is 79.9. The summed E-state index contributed by atoms with van der Waals surface area (Å²) < 4.78 is 26.5. The summed E-state index contributed by atoms with van der Waals surface area (Å²) in [5.74, 6) is -1.16. The number of benzene rings is 2. The van der Waals surface area contributed by atoms with Crippen molar-refractivity contribution in [1.29, 1.82) is 0 Å². The molecule has 0 spiro atoms. The summed E-state index contributed by atoms with van der Waals surface area (Å²) in [5.41, 5.74) is 1.12. The Bertz CT molecular complexity index is 480. The Balaban J connectivity index is 2.60. The van der Waals surface area contributed by atoms with Gasteiger partial charge in [-0.1, -0.05) is 30.3 Å². The van der Waals surface area contributed by atoms with Crippen LogP contribution in [0.5, 0.6) is 0 Å². The summed E-state index contributed by atoms with van der Waals surface area (Å²) in [7, 11) is 0. The maximum atomic E-state index is 13.7. The quantitative estimate of drug-likeness (QED) is 0.673. The van der Waals surface area contributed by atoms with Crippen LogP contribution in [0.4, 0.5) is 8.78 Å². The first-order valence-electron chi connectivity index (χ1n) is 4.39. The third kappa shape index (κ3) is 1.92. The van der Waals surface area contributed by atoms with Gasteiger partial charge in [-0.05, 0) is 33.6 Å². The predicted octanol–water partition coefficient (Wildman–Crippen LogP) is 4.39. The Morgan fingerprint density at radius 2 is 1.53 bits per heavy atom. The van der Waals surface area contributed by atoms with Gasteiger partial charge in [0.15, 0.2) is 0 Å². The molecule has 0 N–H and O–H groups in total. The SMILES string of the molecule is Fc1ccc(-c2ccccc2)c(F)c1Br. The number of hydrogen-bond donors (Lipinski definition) is 0. The van der Waals surface area contributed by atoms with Crippen LogP contribution in [-0.2, 0) is 0 Å². The van der Waals surface area contributed by atoms with Gasteiger partial charge < -0.3 is 0 Å². The van der Waals surface area contributed by atoms with Gasteiger partial charge in [-0.3, -0.25) is 0 Å². The van der Waals surface area contributed by atoms with E-state index in [9.17, 15) is 8.78 Å². The molecule has 0 unspecified atom stereocenters. The monoisotopic (exact) mass is 268 g/mol. The van der Waals surface area contributed by atoms with Crippen molar-refractivity contribution in [3.8, 4) is 11.1 Å². The lowest BCUT2D eigenvalue weighted by Crippen LogP contribution is -1.89. The molecule has 0 saturated heterocycles. The van der Waals surface area contributed by atoms with E-state index in [4.69, 9.17) is 0 Å². The summed E-state index contributed by atoms with van der Waals surface area (Å²) >= 11 is 2.88. The van der Waals surface area contributed by atoms with Crippen LogP contribution in [0.2, 0.25) is 0 Å². The minimum absolute atomic E-state index is 0.121. The van der Waals surface area contributed by atoms with Crippen molar-refractivity contribution in [3.63, 3.8) is 0 Å². The van der Waals surface area contributed by atoms with E-state index in [-0.39, 0.29) is 4.47 Å². The first-order valence-corrected chi connectivity index (χ1v) is 5.18. The number of halogens is 3. The molecular formula is C12H7BrF2. The third-order valence-electron chi connectivity index (χ3n) is 2.12. The summed E-state index contributed by atoms with van der Waals surface area (Å²) in [5, 5.41) is 0. The van der Waals surface area contributed by atoms with E-state index < -0.39 is 11.6 Å². The second-order valence-electron chi connectivity index (χ2n) is 3.09. The van der Waals surface area contributed by atoms with Crippen LogP contribution in [0.25, 0.3) is 11.1 Å². The van der Waals surface area contributed by atoms with Crippen LogP contribution in [0.3, 0.4) is 0 Å². The van der Waals surface area contributed by atoms with Crippen LogP contribution in [-0.4, -0.2) is 0 Å². The molecule has 2 aromatic rings. The second kappa shape index (κ2) is 4.11. The number of rotatable bonds is 1. The van der Waals surface area contributed by atoms with E-state index in [0.29, 0.717) is 5.56 Å². The van der Waals surface area contributed by atoms with Crippen molar-refractivity contribution in [2.75, 3.05) is 0 Å². The molecule has 0 radical (unpaired) electrons. The lowest BCUT2D eigenvalue weighted by molar-refractivity contribution is 0.574. The van der Waals surface area contributed by atoms with Crippen molar-refractivity contribution in [2.24, 2.45) is 0 Å². The van der Waals surface area contributed by atoms with Gasteiger partial charge in [0.1, 0.15) is 11.6 Å². The summed E-state index contributed by atoms with van der Waals surface area (Å²) in [4.78, 5) is 0. The minimum atomic E-state index is -0.591. The summed E-state index contributed by atoms with van der Waals surface area (Å²) in [6, 6.07) is 11.7. The topological polar surface area (TPSA) is 0 Å². The van der Waals surface area contributed by atoms with E-state index in [1.807, 2.05) is 18.2 Å². The average molecular weight is 269 g/mol. The second-order valence-corrected chi connectivity index (χ2v) is 3.88. The zero-order chi connectivity index (χ0) is 10.8. The first-order chi connectivity index (χ1) is 7.20. The van der Waals surface area contributed by atoms with E-state index in [1.54, 1.807) is 12.1 Å². The highest BCUT2D eigenvalue weighted by molar-refractivity contribution is 9.10. The van der Waals surface area contributed by atoms with Gasteiger partial charge in [-0.15, -0.1) is 0 Å². The van der Waals surface area contributed by atoms with E-state index in [1.165, 1.54) is 12.1 Å². The van der Waals surface area contributed by atoms with Crippen molar-refractivity contribution in [1.82, 2.24) is 0 Å². The Kier molecular flexibility index (Phi) is 2.82. The zero-order valence-electron chi connectivity index (χ0n) is 7.68. The first kappa shape index (κ1) is 10.3. The van der Waals surface area contributed by atoms with Gasteiger partial charge in [0, 0.05) is 5.56 Å². The smallest absolute Gasteiger partial charge is 0.148 e. The molecule has 15 heavy (non-hydrogen) atoms. The van der Waals surface area contributed by atoms with Crippen LogP contribution in [0.15, 0.2) is 46.9 Å². The summed E-state index contributed by atoms with van der Waals surface area (Å²) in [6.45, 7) is 0. The lowest BCUT2D eigenvalue weighted by Gasteiger charge is -2.05. The Labute approximate surface area is 94.7 Å². The molecule has 0 bridgehead atoms. The largest absolute Gasteiger partial charge is 0.206 e. The van der Waals surface area contributed by atoms with E-state index in [0.717, 1.165) is 5.56 Å². The van der Waals surface area contributed by atoms with Gasteiger partial charge >= 0.3 is 0 Å². The van der Waals surface area contributed by atoms with E-state index in [2.05, 4.69) is 15.9 Å². The van der Waals surface area contributed by atoms with Gasteiger partial charge in [0.25, 0.3) is 0 Å². The Morgan fingerprint density at radius 3 is 2.20 bits per heavy atom. The standard InChI is InChI=1S/C12H7BrF2/c13-11-10(14)7-6-9(12(11)15)8-4-2-1-3-5-8/h1-7H. The molecule has 2 rings (SSSR count). The fourth-order valence-electron chi connectivity index (χ4n) is 1.37. The van der Waals surface area contributed by atoms with Crippen molar-refractivity contribution < 1.29 is 8.78 Å². The van der Waals surface area contributed by atoms with Crippen LogP contribution >= 0.6 is 15.9 Å². The van der Waals surface area contributed by atoms with Gasteiger partial charge in [0.05, 0.1) is 4.47 Å². The molecule has 0 fully saturated rings.